The van der Waals surface area contributed by atoms with Gasteiger partial charge < -0.3 is 10.1 Å². The topological polar surface area (TPSA) is 84.5 Å². The summed E-state index contributed by atoms with van der Waals surface area (Å²) in [5.74, 6) is 0.694. The molecular formula is C21H26N2O4S. The highest BCUT2D eigenvalue weighted by Gasteiger charge is 2.21. The van der Waals surface area contributed by atoms with Crippen LogP contribution in [0.5, 0.6) is 5.75 Å². The van der Waals surface area contributed by atoms with Crippen molar-refractivity contribution in [3.63, 3.8) is 0 Å². The third-order valence-electron chi connectivity index (χ3n) is 5.12. The number of ether oxygens (including phenoxy) is 1. The Kier molecular flexibility index (Phi) is 6.24. The van der Waals surface area contributed by atoms with E-state index >= 15 is 0 Å². The summed E-state index contributed by atoms with van der Waals surface area (Å²) in [6.07, 6.45) is 4.69. The molecule has 0 saturated heterocycles. The van der Waals surface area contributed by atoms with Gasteiger partial charge in [0.05, 0.1) is 17.7 Å². The van der Waals surface area contributed by atoms with Crippen LogP contribution in [0.25, 0.3) is 0 Å². The van der Waals surface area contributed by atoms with Crippen LogP contribution < -0.4 is 14.8 Å². The molecule has 6 nitrogen and oxygen atoms in total. The predicted octanol–water partition coefficient (Wildman–Crippen LogP) is 3.72. The molecule has 1 fully saturated rings. The monoisotopic (exact) mass is 402 g/mol. The second-order valence-corrected chi connectivity index (χ2v) is 8.80. The largest absolute Gasteiger partial charge is 0.495 e. The molecule has 0 aliphatic heterocycles. The van der Waals surface area contributed by atoms with E-state index in [1.807, 2.05) is 0 Å². The van der Waals surface area contributed by atoms with Gasteiger partial charge in [-0.25, -0.2) is 8.42 Å². The third kappa shape index (κ3) is 4.65. The number of carbonyl (C=O) groups excluding carboxylic acids is 1. The summed E-state index contributed by atoms with van der Waals surface area (Å²) in [4.78, 5) is 12.6. The van der Waals surface area contributed by atoms with Crippen molar-refractivity contribution in [2.45, 2.75) is 37.5 Å². The Hall–Kier alpha value is -2.54. The first-order valence-electron chi connectivity index (χ1n) is 9.45. The van der Waals surface area contributed by atoms with E-state index in [4.69, 9.17) is 4.74 Å². The summed E-state index contributed by atoms with van der Waals surface area (Å²) in [5.41, 5.74) is 1.25. The molecule has 150 valence electrons. The number of methoxy groups -OCH3 is 1. The quantitative estimate of drug-likeness (QED) is 0.739. The highest BCUT2D eigenvalue weighted by Crippen LogP contribution is 2.28. The maximum atomic E-state index is 12.9. The van der Waals surface area contributed by atoms with Crippen LogP contribution in [-0.2, 0) is 10.0 Å². The van der Waals surface area contributed by atoms with Gasteiger partial charge >= 0.3 is 0 Å². The Labute approximate surface area is 166 Å². The van der Waals surface area contributed by atoms with Crippen LogP contribution in [-0.4, -0.2) is 28.0 Å². The first-order chi connectivity index (χ1) is 13.4. The number of nitrogens with one attached hydrogen (secondary N) is 2. The van der Waals surface area contributed by atoms with E-state index in [9.17, 15) is 13.2 Å². The lowest BCUT2D eigenvalue weighted by Gasteiger charge is -2.15. The zero-order valence-electron chi connectivity index (χ0n) is 16.2. The van der Waals surface area contributed by atoms with Crippen LogP contribution in [0.3, 0.4) is 0 Å². The van der Waals surface area contributed by atoms with Crippen LogP contribution in [0.15, 0.2) is 47.4 Å². The second kappa shape index (κ2) is 8.65. The molecule has 1 amide bonds. The first kappa shape index (κ1) is 20.2. The third-order valence-corrected chi connectivity index (χ3v) is 6.62. The van der Waals surface area contributed by atoms with Crippen molar-refractivity contribution < 1.29 is 17.9 Å². The maximum Gasteiger partial charge on any atom is 0.262 e. The Morgan fingerprint density at radius 2 is 1.86 bits per heavy atom. The van der Waals surface area contributed by atoms with Gasteiger partial charge in [-0.1, -0.05) is 31.0 Å². The Morgan fingerprint density at radius 3 is 2.57 bits per heavy atom. The molecule has 2 aromatic carbocycles. The molecule has 0 heterocycles. The van der Waals surface area contributed by atoms with E-state index in [2.05, 4.69) is 10.0 Å². The van der Waals surface area contributed by atoms with E-state index in [0.29, 0.717) is 35.0 Å². The summed E-state index contributed by atoms with van der Waals surface area (Å²) >= 11 is 0. The molecular weight excluding hydrogens is 376 g/mol. The number of hydrogen-bond donors (Lipinski definition) is 2. The lowest BCUT2D eigenvalue weighted by molar-refractivity contribution is 0.0947. The van der Waals surface area contributed by atoms with Crippen molar-refractivity contribution in [3.8, 4) is 5.75 Å². The molecule has 0 unspecified atom stereocenters. The number of sulfonamides is 1. The van der Waals surface area contributed by atoms with E-state index in [1.54, 1.807) is 43.3 Å². The summed E-state index contributed by atoms with van der Waals surface area (Å²) < 4.78 is 33.6. The average molecular weight is 403 g/mol. The standard InChI is InChI=1S/C21H26N2O4S/c1-15-11-12-17(21(24)22-14-16-7-3-4-8-16)13-20(15)28(25,26)23-18-9-5-6-10-19(18)27-2/h5-6,9-13,16,23H,3-4,7-8,14H2,1-2H3,(H,22,24). The summed E-state index contributed by atoms with van der Waals surface area (Å²) in [7, 11) is -2.39. The summed E-state index contributed by atoms with van der Waals surface area (Å²) in [5, 5.41) is 2.93. The summed E-state index contributed by atoms with van der Waals surface area (Å²) in [6, 6.07) is 11.5. The molecule has 2 aromatic rings. The first-order valence-corrected chi connectivity index (χ1v) is 10.9. The molecule has 0 atom stereocenters. The van der Waals surface area contributed by atoms with Gasteiger partial charge in [0.1, 0.15) is 5.75 Å². The normalized spacial score (nSPS) is 14.6. The molecule has 28 heavy (non-hydrogen) atoms. The fourth-order valence-corrected chi connectivity index (χ4v) is 4.86. The number of aryl methyl sites for hydroxylation is 1. The minimum Gasteiger partial charge on any atom is -0.495 e. The molecule has 1 aliphatic rings. The van der Waals surface area contributed by atoms with Gasteiger partial charge in [0.2, 0.25) is 0 Å². The Balaban J connectivity index is 1.80. The molecule has 1 saturated carbocycles. The van der Waals surface area contributed by atoms with Gasteiger partial charge in [-0.2, -0.15) is 0 Å². The Bertz CT molecular complexity index is 951. The molecule has 3 rings (SSSR count). The SMILES string of the molecule is COc1ccccc1NS(=O)(=O)c1cc(C(=O)NCC2CCCC2)ccc1C. The van der Waals surface area contributed by atoms with Crippen LogP contribution in [0.2, 0.25) is 0 Å². The number of amides is 1. The van der Waals surface area contributed by atoms with Crippen molar-refractivity contribution in [3.05, 3.63) is 53.6 Å². The Morgan fingerprint density at radius 1 is 1.14 bits per heavy atom. The zero-order chi connectivity index (χ0) is 20.1. The lowest BCUT2D eigenvalue weighted by Crippen LogP contribution is -2.28. The van der Waals surface area contributed by atoms with Crippen LogP contribution in [0, 0.1) is 12.8 Å². The number of rotatable bonds is 7. The van der Waals surface area contributed by atoms with Crippen molar-refractivity contribution in [1.82, 2.24) is 5.32 Å². The number of para-hydroxylation sites is 2. The highest BCUT2D eigenvalue weighted by atomic mass is 32.2. The summed E-state index contributed by atoms with van der Waals surface area (Å²) in [6.45, 7) is 2.34. The van der Waals surface area contributed by atoms with Crippen LogP contribution >= 0.6 is 0 Å². The number of hydrogen-bond acceptors (Lipinski definition) is 4. The van der Waals surface area contributed by atoms with Crippen LogP contribution in [0.4, 0.5) is 5.69 Å². The van der Waals surface area contributed by atoms with Crippen molar-refractivity contribution >= 4 is 21.6 Å². The van der Waals surface area contributed by atoms with E-state index in [-0.39, 0.29) is 10.8 Å². The van der Waals surface area contributed by atoms with Gasteiger partial charge in [0.25, 0.3) is 15.9 Å². The average Bonchev–Trinajstić information content (AvgIpc) is 3.20. The number of benzene rings is 2. The van der Waals surface area contributed by atoms with Gasteiger partial charge in [-0.15, -0.1) is 0 Å². The van der Waals surface area contributed by atoms with Gasteiger partial charge in [0, 0.05) is 12.1 Å². The fraction of sp³-hybridized carbons (Fsp3) is 0.381. The molecule has 0 bridgehead atoms. The smallest absolute Gasteiger partial charge is 0.262 e. The van der Waals surface area contributed by atoms with Gasteiger partial charge in [-0.05, 0) is 55.5 Å². The number of carbonyl (C=O) groups is 1. The highest BCUT2D eigenvalue weighted by molar-refractivity contribution is 7.92. The van der Waals surface area contributed by atoms with Gasteiger partial charge in [-0.3, -0.25) is 9.52 Å². The number of anilines is 1. The van der Waals surface area contributed by atoms with Gasteiger partial charge in [0.15, 0.2) is 0 Å². The maximum absolute atomic E-state index is 12.9. The predicted molar refractivity (Wildman–Crippen MR) is 109 cm³/mol. The van der Waals surface area contributed by atoms with E-state index < -0.39 is 10.0 Å². The van der Waals surface area contributed by atoms with Crippen molar-refractivity contribution in [1.29, 1.82) is 0 Å². The minimum atomic E-state index is -3.87. The molecule has 0 spiro atoms. The molecule has 7 heteroatoms. The van der Waals surface area contributed by atoms with E-state index in [1.165, 1.54) is 26.0 Å². The zero-order valence-corrected chi connectivity index (χ0v) is 17.0. The van der Waals surface area contributed by atoms with Crippen molar-refractivity contribution in [2.24, 2.45) is 5.92 Å². The van der Waals surface area contributed by atoms with Crippen molar-refractivity contribution in [2.75, 3.05) is 18.4 Å². The molecule has 0 radical (unpaired) electrons. The molecule has 1 aliphatic carbocycles. The van der Waals surface area contributed by atoms with Crippen LogP contribution in [0.1, 0.15) is 41.6 Å². The second-order valence-electron chi connectivity index (χ2n) is 7.15. The van der Waals surface area contributed by atoms with E-state index in [0.717, 1.165) is 12.8 Å². The molecule has 0 aromatic heterocycles. The molecule has 2 N–H and O–H groups in total. The lowest BCUT2D eigenvalue weighted by atomic mass is 10.1. The fourth-order valence-electron chi connectivity index (χ4n) is 3.51. The minimum absolute atomic E-state index is 0.0759.